The van der Waals surface area contributed by atoms with Gasteiger partial charge >= 0.3 is 11.9 Å². The van der Waals surface area contributed by atoms with Crippen molar-refractivity contribution in [3.63, 3.8) is 0 Å². The van der Waals surface area contributed by atoms with Crippen LogP contribution >= 0.6 is 0 Å². The first-order valence-corrected chi connectivity index (χ1v) is 10.9. The van der Waals surface area contributed by atoms with Crippen molar-refractivity contribution in [1.29, 1.82) is 0 Å². The lowest BCUT2D eigenvalue weighted by Gasteiger charge is -2.09. The topological polar surface area (TPSA) is 82.1 Å². The summed E-state index contributed by atoms with van der Waals surface area (Å²) in [5.74, 6) is -0.718. The van der Waals surface area contributed by atoms with E-state index in [2.05, 4.69) is 11.7 Å². The second kappa shape index (κ2) is 13.3. The molecule has 2 aromatic carbocycles. The third-order valence-corrected chi connectivity index (χ3v) is 4.94. The largest absolute Gasteiger partial charge is 0.507 e. The molecule has 6 nitrogen and oxygen atoms in total. The van der Waals surface area contributed by atoms with Crippen LogP contribution in [0.5, 0.6) is 17.2 Å². The summed E-state index contributed by atoms with van der Waals surface area (Å²) in [4.78, 5) is 23.8. The van der Waals surface area contributed by atoms with Gasteiger partial charge in [-0.2, -0.15) is 0 Å². The predicted molar refractivity (Wildman–Crippen MR) is 119 cm³/mol. The van der Waals surface area contributed by atoms with Gasteiger partial charge in [-0.05, 0) is 42.8 Å². The molecule has 0 fully saturated rings. The zero-order valence-corrected chi connectivity index (χ0v) is 18.4. The van der Waals surface area contributed by atoms with Crippen LogP contribution in [0.1, 0.15) is 79.0 Å². The average molecular weight is 429 g/mol. The maximum atomic E-state index is 12.3. The summed E-state index contributed by atoms with van der Waals surface area (Å²) in [6, 6.07) is 10.7. The Morgan fingerprint density at radius 3 is 2.03 bits per heavy atom. The molecule has 0 unspecified atom stereocenters. The Kier molecular flexibility index (Phi) is 10.4. The van der Waals surface area contributed by atoms with E-state index in [1.807, 2.05) is 0 Å². The number of carbonyl (C=O) groups is 2. The Morgan fingerprint density at radius 2 is 1.42 bits per heavy atom. The third-order valence-electron chi connectivity index (χ3n) is 4.94. The van der Waals surface area contributed by atoms with Gasteiger partial charge in [-0.25, -0.2) is 9.59 Å². The van der Waals surface area contributed by atoms with Gasteiger partial charge in [-0.3, -0.25) is 0 Å². The minimum atomic E-state index is -0.669. The van der Waals surface area contributed by atoms with Crippen LogP contribution in [-0.2, 0) is 4.74 Å². The Bertz CT molecular complexity index is 828. The zero-order valence-electron chi connectivity index (χ0n) is 18.4. The summed E-state index contributed by atoms with van der Waals surface area (Å²) in [6.07, 6.45) is 9.98. The van der Waals surface area contributed by atoms with Crippen LogP contribution in [0.4, 0.5) is 0 Å². The van der Waals surface area contributed by atoms with Crippen LogP contribution in [-0.4, -0.2) is 30.8 Å². The fourth-order valence-electron chi connectivity index (χ4n) is 3.14. The van der Waals surface area contributed by atoms with Crippen molar-refractivity contribution >= 4 is 11.9 Å². The van der Waals surface area contributed by atoms with Gasteiger partial charge in [0.1, 0.15) is 22.8 Å². The molecule has 2 aromatic rings. The first kappa shape index (κ1) is 24.3. The Labute approximate surface area is 184 Å². The number of rotatable bonds is 13. The molecule has 0 radical (unpaired) electrons. The molecule has 0 saturated heterocycles. The standard InChI is InChI=1S/C25H32O6/c1-3-4-5-6-7-8-9-10-17-30-20-13-11-19(12-14-20)24(27)31-21-15-16-22(23(26)18-21)25(28)29-2/h11-16,18,26H,3-10,17H2,1-2H3. The summed E-state index contributed by atoms with van der Waals surface area (Å²) in [5, 5.41) is 9.89. The Balaban J connectivity index is 1.74. The molecule has 0 aliphatic heterocycles. The zero-order chi connectivity index (χ0) is 22.5. The number of methoxy groups -OCH3 is 1. The number of esters is 2. The van der Waals surface area contributed by atoms with Crippen molar-refractivity contribution in [3.05, 3.63) is 53.6 Å². The van der Waals surface area contributed by atoms with Crippen molar-refractivity contribution in [2.24, 2.45) is 0 Å². The smallest absolute Gasteiger partial charge is 0.343 e. The van der Waals surface area contributed by atoms with E-state index < -0.39 is 11.9 Å². The van der Waals surface area contributed by atoms with Crippen LogP contribution in [0.3, 0.4) is 0 Å². The third kappa shape index (κ3) is 8.32. The molecule has 2 rings (SSSR count). The maximum absolute atomic E-state index is 12.3. The molecule has 0 heterocycles. The predicted octanol–water partition coefficient (Wildman–Crippen LogP) is 5.92. The highest BCUT2D eigenvalue weighted by atomic mass is 16.5. The van der Waals surface area contributed by atoms with Crippen LogP contribution < -0.4 is 9.47 Å². The lowest BCUT2D eigenvalue weighted by molar-refractivity contribution is 0.0597. The lowest BCUT2D eigenvalue weighted by atomic mass is 10.1. The van der Waals surface area contributed by atoms with Crippen LogP contribution in [0.2, 0.25) is 0 Å². The van der Waals surface area contributed by atoms with Crippen molar-refractivity contribution in [2.45, 2.75) is 58.3 Å². The van der Waals surface area contributed by atoms with Crippen LogP contribution in [0, 0.1) is 0 Å². The number of aromatic hydroxyl groups is 1. The Morgan fingerprint density at radius 1 is 0.806 bits per heavy atom. The molecule has 0 atom stereocenters. The minimum absolute atomic E-state index is 0.000272. The first-order valence-electron chi connectivity index (χ1n) is 10.9. The van der Waals surface area contributed by atoms with Gasteiger partial charge in [0, 0.05) is 6.07 Å². The molecule has 0 bridgehead atoms. The van der Waals surface area contributed by atoms with E-state index in [1.165, 1.54) is 63.8 Å². The second-order valence-corrected chi connectivity index (χ2v) is 7.41. The molecule has 0 aromatic heterocycles. The number of phenolic OH excluding ortho intramolecular Hbond substituents is 1. The van der Waals surface area contributed by atoms with E-state index in [-0.39, 0.29) is 17.1 Å². The first-order chi connectivity index (χ1) is 15.0. The summed E-state index contributed by atoms with van der Waals surface area (Å²) >= 11 is 0. The fraction of sp³-hybridized carbons (Fsp3) is 0.440. The van der Waals surface area contributed by atoms with Gasteiger partial charge in [-0.1, -0.05) is 51.9 Å². The quantitative estimate of drug-likeness (QED) is 0.242. The molecule has 0 aliphatic carbocycles. The van der Waals surface area contributed by atoms with Gasteiger partial charge in [0.15, 0.2) is 0 Å². The number of benzene rings is 2. The number of unbranched alkanes of at least 4 members (excludes halogenated alkanes) is 7. The van der Waals surface area contributed by atoms with Crippen molar-refractivity contribution < 1.29 is 28.9 Å². The number of ether oxygens (including phenoxy) is 3. The number of phenols is 1. The van der Waals surface area contributed by atoms with Gasteiger partial charge in [0.2, 0.25) is 0 Å². The maximum Gasteiger partial charge on any atom is 0.343 e. The summed E-state index contributed by atoms with van der Waals surface area (Å²) in [7, 11) is 1.22. The summed E-state index contributed by atoms with van der Waals surface area (Å²) < 4.78 is 15.6. The molecule has 1 N–H and O–H groups in total. The lowest BCUT2D eigenvalue weighted by Crippen LogP contribution is -2.09. The van der Waals surface area contributed by atoms with E-state index in [4.69, 9.17) is 9.47 Å². The highest BCUT2D eigenvalue weighted by Gasteiger charge is 2.14. The number of carbonyl (C=O) groups excluding carboxylic acids is 2. The highest BCUT2D eigenvalue weighted by Crippen LogP contribution is 2.25. The second-order valence-electron chi connectivity index (χ2n) is 7.41. The normalized spacial score (nSPS) is 10.5. The van der Waals surface area contributed by atoms with E-state index in [0.717, 1.165) is 12.8 Å². The van der Waals surface area contributed by atoms with Gasteiger partial charge < -0.3 is 19.3 Å². The van der Waals surface area contributed by atoms with Crippen molar-refractivity contribution in [3.8, 4) is 17.2 Å². The van der Waals surface area contributed by atoms with Gasteiger partial charge in [0.25, 0.3) is 0 Å². The molecular weight excluding hydrogens is 396 g/mol. The number of hydrogen-bond donors (Lipinski definition) is 1. The Hall–Kier alpha value is -3.02. The molecule has 0 spiro atoms. The van der Waals surface area contributed by atoms with Gasteiger partial charge in [0.05, 0.1) is 19.3 Å². The van der Waals surface area contributed by atoms with E-state index in [1.54, 1.807) is 24.3 Å². The summed E-state index contributed by atoms with van der Waals surface area (Å²) in [5.41, 5.74) is 0.358. The molecule has 0 amide bonds. The molecule has 6 heteroatoms. The van der Waals surface area contributed by atoms with Crippen molar-refractivity contribution in [1.82, 2.24) is 0 Å². The molecule has 0 aliphatic rings. The SMILES string of the molecule is CCCCCCCCCCOc1ccc(C(=O)Oc2ccc(C(=O)OC)c(O)c2)cc1. The number of hydrogen-bond acceptors (Lipinski definition) is 6. The van der Waals surface area contributed by atoms with E-state index in [0.29, 0.717) is 17.9 Å². The average Bonchev–Trinajstić information content (AvgIpc) is 2.78. The van der Waals surface area contributed by atoms with Crippen molar-refractivity contribution in [2.75, 3.05) is 13.7 Å². The van der Waals surface area contributed by atoms with Crippen LogP contribution in [0.15, 0.2) is 42.5 Å². The minimum Gasteiger partial charge on any atom is -0.507 e. The van der Waals surface area contributed by atoms with E-state index >= 15 is 0 Å². The van der Waals surface area contributed by atoms with Crippen LogP contribution in [0.25, 0.3) is 0 Å². The molecule has 0 saturated carbocycles. The monoisotopic (exact) mass is 428 g/mol. The fourth-order valence-corrected chi connectivity index (χ4v) is 3.14. The van der Waals surface area contributed by atoms with Gasteiger partial charge in [-0.15, -0.1) is 0 Å². The molecule has 31 heavy (non-hydrogen) atoms. The molecule has 168 valence electrons. The molecular formula is C25H32O6. The van der Waals surface area contributed by atoms with E-state index in [9.17, 15) is 14.7 Å². The summed E-state index contributed by atoms with van der Waals surface area (Å²) in [6.45, 7) is 2.88. The highest BCUT2D eigenvalue weighted by molar-refractivity contribution is 5.93.